The molecule has 0 aliphatic carbocycles. The lowest BCUT2D eigenvalue weighted by atomic mass is 9.98. The van der Waals surface area contributed by atoms with E-state index in [0.717, 1.165) is 17.0 Å². The summed E-state index contributed by atoms with van der Waals surface area (Å²) in [5.41, 5.74) is -1.50. The molecule has 0 unspecified atom stereocenters. The molecule has 3 amide bonds. The van der Waals surface area contributed by atoms with Crippen molar-refractivity contribution in [1.29, 1.82) is 0 Å². The van der Waals surface area contributed by atoms with Crippen LogP contribution in [0.3, 0.4) is 0 Å². The van der Waals surface area contributed by atoms with E-state index in [9.17, 15) is 27.6 Å². The molecule has 0 radical (unpaired) electrons. The Kier molecular flexibility index (Phi) is 9.39. The highest BCUT2D eigenvalue weighted by molar-refractivity contribution is 7.12. The van der Waals surface area contributed by atoms with Gasteiger partial charge in [0.2, 0.25) is 11.8 Å². The summed E-state index contributed by atoms with van der Waals surface area (Å²) < 4.78 is 46.2. The summed E-state index contributed by atoms with van der Waals surface area (Å²) in [5.74, 6) is -1.51. The second-order valence-corrected chi connectivity index (χ2v) is 10.3. The van der Waals surface area contributed by atoms with E-state index in [1.54, 1.807) is 55.6 Å². The number of ether oxygens (including phenoxy) is 1. The van der Waals surface area contributed by atoms with Crippen LogP contribution >= 0.6 is 11.3 Å². The van der Waals surface area contributed by atoms with Crippen molar-refractivity contribution < 1.29 is 32.3 Å². The molecule has 1 heterocycles. The number of anilines is 1. The minimum Gasteiger partial charge on any atom is -0.497 e. The highest BCUT2D eigenvalue weighted by Crippen LogP contribution is 2.35. The maximum atomic E-state index is 13.8. The van der Waals surface area contributed by atoms with Crippen LogP contribution in [0.5, 0.6) is 5.75 Å². The summed E-state index contributed by atoms with van der Waals surface area (Å²) in [6, 6.07) is 12.4. The number of carbonyl (C=O) groups excluding carboxylic acids is 3. The van der Waals surface area contributed by atoms with Crippen molar-refractivity contribution in [3.8, 4) is 5.75 Å². The van der Waals surface area contributed by atoms with E-state index < -0.39 is 47.6 Å². The van der Waals surface area contributed by atoms with E-state index >= 15 is 0 Å². The number of methoxy groups -OCH3 is 1. The molecular weight excluding hydrogens is 531 g/mol. The van der Waals surface area contributed by atoms with Crippen LogP contribution in [-0.2, 0) is 15.8 Å². The molecule has 0 spiro atoms. The molecule has 0 saturated carbocycles. The maximum Gasteiger partial charge on any atom is 0.416 e. The lowest BCUT2D eigenvalue weighted by molar-refractivity contribution is -0.137. The lowest BCUT2D eigenvalue weighted by Gasteiger charge is -2.35. The van der Waals surface area contributed by atoms with Gasteiger partial charge in [-0.1, -0.05) is 31.2 Å². The predicted molar refractivity (Wildman–Crippen MR) is 144 cm³/mol. The third-order valence-corrected chi connectivity index (χ3v) is 7.00. The standard InChI is InChI=1S/C28H30F3N3O4S/c1-5-27(2,3)33-26(37)24(18-9-6-12-21(15-18)38-4)34(20-11-7-10-19(16-20)28(29,30)31)23(35)17-32-25(36)22-13-8-14-39-22/h6-16,24H,5,17H2,1-4H3,(H,32,36)(H,33,37)/t24-/m0/s1. The van der Waals surface area contributed by atoms with Gasteiger partial charge >= 0.3 is 6.18 Å². The zero-order valence-corrected chi connectivity index (χ0v) is 22.8. The second-order valence-electron chi connectivity index (χ2n) is 9.38. The Labute approximate surface area is 229 Å². The molecule has 3 rings (SSSR count). The Morgan fingerprint density at radius 3 is 2.36 bits per heavy atom. The molecule has 3 aromatic rings. The number of alkyl halides is 3. The van der Waals surface area contributed by atoms with Gasteiger partial charge < -0.3 is 15.4 Å². The fourth-order valence-corrected chi connectivity index (χ4v) is 4.36. The van der Waals surface area contributed by atoms with Crippen LogP contribution in [0.1, 0.15) is 54.0 Å². The molecule has 39 heavy (non-hydrogen) atoms. The highest BCUT2D eigenvalue weighted by Gasteiger charge is 2.37. The average Bonchev–Trinajstić information content (AvgIpc) is 3.44. The normalized spacial score (nSPS) is 12.4. The van der Waals surface area contributed by atoms with E-state index in [-0.39, 0.29) is 5.69 Å². The van der Waals surface area contributed by atoms with Crippen LogP contribution in [0.15, 0.2) is 66.0 Å². The topological polar surface area (TPSA) is 87.7 Å². The van der Waals surface area contributed by atoms with Crippen LogP contribution in [0.25, 0.3) is 0 Å². The molecule has 208 valence electrons. The van der Waals surface area contributed by atoms with Crippen LogP contribution in [0, 0.1) is 0 Å². The van der Waals surface area contributed by atoms with Gasteiger partial charge in [-0.25, -0.2) is 0 Å². The number of benzene rings is 2. The first-order valence-corrected chi connectivity index (χ1v) is 13.0. The zero-order chi connectivity index (χ0) is 28.8. The van der Waals surface area contributed by atoms with E-state index in [1.165, 1.54) is 30.6 Å². The van der Waals surface area contributed by atoms with Crippen molar-refractivity contribution in [3.05, 3.63) is 82.0 Å². The Balaban J connectivity index is 2.13. The van der Waals surface area contributed by atoms with E-state index in [1.807, 2.05) is 6.92 Å². The third kappa shape index (κ3) is 7.60. The fourth-order valence-electron chi connectivity index (χ4n) is 3.72. The zero-order valence-electron chi connectivity index (χ0n) is 22.0. The van der Waals surface area contributed by atoms with Gasteiger partial charge in [0.15, 0.2) is 0 Å². The molecule has 2 N–H and O–H groups in total. The smallest absolute Gasteiger partial charge is 0.416 e. The maximum absolute atomic E-state index is 13.8. The van der Waals surface area contributed by atoms with E-state index in [2.05, 4.69) is 10.6 Å². The number of nitrogens with zero attached hydrogens (tertiary/aromatic N) is 1. The molecular formula is C28H30F3N3O4S. The average molecular weight is 562 g/mol. The molecule has 0 aliphatic heterocycles. The summed E-state index contributed by atoms with van der Waals surface area (Å²) >= 11 is 1.17. The number of nitrogens with one attached hydrogen (secondary N) is 2. The molecule has 11 heteroatoms. The van der Waals surface area contributed by atoms with Gasteiger partial charge in [0, 0.05) is 11.2 Å². The lowest BCUT2D eigenvalue weighted by Crippen LogP contribution is -2.52. The minimum atomic E-state index is -4.68. The number of carbonyl (C=O) groups is 3. The van der Waals surface area contributed by atoms with Gasteiger partial charge in [-0.05, 0) is 67.6 Å². The first-order valence-electron chi connectivity index (χ1n) is 12.1. The molecule has 0 aliphatic rings. The number of thiophene rings is 1. The van der Waals surface area contributed by atoms with Gasteiger partial charge in [-0.3, -0.25) is 19.3 Å². The minimum absolute atomic E-state index is 0.155. The highest BCUT2D eigenvalue weighted by atomic mass is 32.1. The molecule has 0 saturated heterocycles. The number of hydrogen-bond acceptors (Lipinski definition) is 5. The van der Waals surface area contributed by atoms with Crippen LogP contribution in [0.4, 0.5) is 18.9 Å². The molecule has 1 aromatic heterocycles. The number of hydrogen-bond donors (Lipinski definition) is 2. The molecule has 2 aromatic carbocycles. The van der Waals surface area contributed by atoms with Crippen LogP contribution in [-0.4, -0.2) is 36.9 Å². The van der Waals surface area contributed by atoms with Gasteiger partial charge in [0.1, 0.15) is 11.8 Å². The van der Waals surface area contributed by atoms with Gasteiger partial charge in [0.05, 0.1) is 24.1 Å². The Morgan fingerprint density at radius 1 is 1.03 bits per heavy atom. The SMILES string of the molecule is CCC(C)(C)NC(=O)[C@H](c1cccc(OC)c1)N(C(=O)CNC(=O)c1cccs1)c1cccc(C(F)(F)F)c1. The van der Waals surface area contributed by atoms with Crippen molar-refractivity contribution in [2.24, 2.45) is 0 Å². The van der Waals surface area contributed by atoms with Gasteiger partial charge in [-0.15, -0.1) is 11.3 Å². The second kappa shape index (κ2) is 12.3. The summed E-state index contributed by atoms with van der Waals surface area (Å²) in [5, 5.41) is 7.11. The third-order valence-electron chi connectivity index (χ3n) is 6.13. The first kappa shape index (κ1) is 29.7. The van der Waals surface area contributed by atoms with Crippen molar-refractivity contribution in [2.45, 2.75) is 44.9 Å². The summed E-state index contributed by atoms with van der Waals surface area (Å²) in [7, 11) is 1.43. The van der Waals surface area contributed by atoms with Crippen LogP contribution in [0.2, 0.25) is 0 Å². The van der Waals surface area contributed by atoms with E-state index in [4.69, 9.17) is 4.74 Å². The van der Waals surface area contributed by atoms with E-state index in [0.29, 0.717) is 22.6 Å². The monoisotopic (exact) mass is 561 g/mol. The van der Waals surface area contributed by atoms with Crippen molar-refractivity contribution >= 4 is 34.7 Å². The largest absolute Gasteiger partial charge is 0.497 e. The number of amides is 3. The van der Waals surface area contributed by atoms with Crippen molar-refractivity contribution in [1.82, 2.24) is 10.6 Å². The first-order chi connectivity index (χ1) is 18.4. The Morgan fingerprint density at radius 2 is 1.74 bits per heavy atom. The van der Waals surface area contributed by atoms with Gasteiger partial charge in [-0.2, -0.15) is 13.2 Å². The van der Waals surface area contributed by atoms with Crippen molar-refractivity contribution in [2.75, 3.05) is 18.6 Å². The molecule has 0 fully saturated rings. The summed E-state index contributed by atoms with van der Waals surface area (Å²) in [6.45, 7) is 4.91. The predicted octanol–water partition coefficient (Wildman–Crippen LogP) is 5.58. The number of halogens is 3. The number of rotatable bonds is 10. The summed E-state index contributed by atoms with van der Waals surface area (Å²) in [4.78, 5) is 41.4. The van der Waals surface area contributed by atoms with Gasteiger partial charge in [0.25, 0.3) is 5.91 Å². The Hall–Kier alpha value is -3.86. The van der Waals surface area contributed by atoms with Crippen LogP contribution < -0.4 is 20.3 Å². The molecule has 0 bridgehead atoms. The van der Waals surface area contributed by atoms with Crippen molar-refractivity contribution in [3.63, 3.8) is 0 Å². The quantitative estimate of drug-likeness (QED) is 0.338. The Bertz CT molecular complexity index is 1310. The fraction of sp³-hybridized carbons (Fsp3) is 0.321. The summed E-state index contributed by atoms with van der Waals surface area (Å²) in [6.07, 6.45) is -4.13. The molecule has 7 nitrogen and oxygen atoms in total. The molecule has 1 atom stereocenters.